The van der Waals surface area contributed by atoms with Crippen molar-refractivity contribution in [2.24, 2.45) is 0 Å². The topological polar surface area (TPSA) is 20.3 Å². The van der Waals surface area contributed by atoms with Gasteiger partial charge in [-0.25, -0.2) is 0 Å². The quantitative estimate of drug-likeness (QED) is 0.595. The average molecular weight is 238 g/mol. The largest absolute Gasteiger partial charge is 0.300 e. The van der Waals surface area contributed by atoms with E-state index < -0.39 is 0 Å². The second kappa shape index (κ2) is 5.46. The van der Waals surface area contributed by atoms with Crippen LogP contribution in [0.4, 0.5) is 0 Å². The van der Waals surface area contributed by atoms with E-state index in [4.69, 9.17) is 11.6 Å². The first-order valence-electron chi connectivity index (χ1n) is 5.69. The summed E-state index contributed by atoms with van der Waals surface area (Å²) in [6, 6.07) is 10.4. The second-order valence-corrected chi connectivity index (χ2v) is 4.70. The molecule has 1 aliphatic rings. The van der Waals surface area contributed by atoms with Crippen LogP contribution in [-0.2, 0) is 11.2 Å². The molecule has 0 amide bonds. The van der Waals surface area contributed by atoms with Gasteiger partial charge in [0.05, 0.1) is 5.50 Å². The fourth-order valence-electron chi connectivity index (χ4n) is 2.00. The molecular formula is C13H16ClNO. The summed E-state index contributed by atoms with van der Waals surface area (Å²) in [5.41, 5.74) is 1.22. The highest BCUT2D eigenvalue weighted by molar-refractivity contribution is 6.21. The van der Waals surface area contributed by atoms with Crippen molar-refractivity contribution >= 4 is 17.4 Å². The van der Waals surface area contributed by atoms with Crippen LogP contribution in [0.1, 0.15) is 18.4 Å². The fraction of sp³-hybridized carbons (Fsp3) is 0.462. The van der Waals surface area contributed by atoms with Crippen LogP contribution in [0, 0.1) is 0 Å². The van der Waals surface area contributed by atoms with Gasteiger partial charge in [-0.1, -0.05) is 30.3 Å². The Bertz CT molecular complexity index is 352. The van der Waals surface area contributed by atoms with Gasteiger partial charge >= 0.3 is 0 Å². The number of ketones is 1. The third-order valence-corrected chi connectivity index (χ3v) is 3.43. The van der Waals surface area contributed by atoms with Gasteiger partial charge in [-0.15, -0.1) is 11.6 Å². The number of nitrogens with zero attached hydrogens (tertiary/aromatic N) is 1. The maximum atomic E-state index is 11.2. The number of piperidine rings is 1. The summed E-state index contributed by atoms with van der Waals surface area (Å²) in [7, 11) is 0. The predicted molar refractivity (Wildman–Crippen MR) is 65.6 cm³/mol. The van der Waals surface area contributed by atoms with E-state index in [1.807, 2.05) is 18.2 Å². The number of benzene rings is 1. The normalized spacial score (nSPS) is 22.3. The number of carbonyl (C=O) groups excluding carboxylic acids is 1. The van der Waals surface area contributed by atoms with Crippen LogP contribution in [0.2, 0.25) is 0 Å². The van der Waals surface area contributed by atoms with Gasteiger partial charge in [0, 0.05) is 25.9 Å². The van der Waals surface area contributed by atoms with Crippen LogP contribution in [0.25, 0.3) is 0 Å². The van der Waals surface area contributed by atoms with Gasteiger partial charge in [0.15, 0.2) is 0 Å². The molecule has 2 nitrogen and oxygen atoms in total. The highest BCUT2D eigenvalue weighted by atomic mass is 35.5. The Kier molecular flexibility index (Phi) is 3.97. The fourth-order valence-corrected chi connectivity index (χ4v) is 2.36. The molecule has 1 aromatic rings. The van der Waals surface area contributed by atoms with Crippen LogP contribution in [-0.4, -0.2) is 29.3 Å². The minimum atomic E-state index is -0.107. The van der Waals surface area contributed by atoms with Gasteiger partial charge in [-0.05, 0) is 12.0 Å². The van der Waals surface area contributed by atoms with E-state index >= 15 is 0 Å². The maximum Gasteiger partial charge on any atom is 0.136 e. The van der Waals surface area contributed by atoms with Crippen LogP contribution >= 0.6 is 11.6 Å². The summed E-state index contributed by atoms with van der Waals surface area (Å²) in [5.74, 6) is 0.288. The zero-order valence-corrected chi connectivity index (χ0v) is 9.99. The molecule has 1 atom stereocenters. The smallest absolute Gasteiger partial charge is 0.136 e. The summed E-state index contributed by atoms with van der Waals surface area (Å²) in [4.78, 5) is 13.4. The highest BCUT2D eigenvalue weighted by Gasteiger charge is 2.24. The molecule has 1 fully saturated rings. The first-order chi connectivity index (χ1) is 7.75. The van der Waals surface area contributed by atoms with E-state index in [2.05, 4.69) is 17.0 Å². The molecule has 0 aliphatic carbocycles. The number of hydrogen-bond donors (Lipinski definition) is 0. The Balaban J connectivity index is 1.84. The molecule has 1 aliphatic heterocycles. The average Bonchev–Trinajstić information content (AvgIpc) is 2.29. The summed E-state index contributed by atoms with van der Waals surface area (Å²) in [5, 5.41) is 0. The minimum Gasteiger partial charge on any atom is -0.300 e. The molecule has 1 unspecified atom stereocenters. The van der Waals surface area contributed by atoms with E-state index in [1.165, 1.54) is 5.56 Å². The number of halogens is 1. The van der Waals surface area contributed by atoms with Crippen molar-refractivity contribution in [3.8, 4) is 0 Å². The van der Waals surface area contributed by atoms with Crippen molar-refractivity contribution < 1.29 is 4.79 Å². The van der Waals surface area contributed by atoms with Crippen LogP contribution < -0.4 is 0 Å². The van der Waals surface area contributed by atoms with E-state index in [1.54, 1.807) is 0 Å². The molecule has 0 aromatic heterocycles. The van der Waals surface area contributed by atoms with Gasteiger partial charge < -0.3 is 0 Å². The number of Topliss-reactive ketones (excluding diaryl/α,β-unsaturated/α-hetero) is 1. The van der Waals surface area contributed by atoms with Crippen molar-refractivity contribution in [3.05, 3.63) is 35.9 Å². The third-order valence-electron chi connectivity index (χ3n) is 3.00. The Labute approximate surface area is 101 Å². The molecule has 1 aromatic carbocycles. The Morgan fingerprint density at radius 3 is 2.75 bits per heavy atom. The maximum absolute atomic E-state index is 11.2. The summed E-state index contributed by atoms with van der Waals surface area (Å²) in [6.07, 6.45) is 2.15. The second-order valence-electron chi connectivity index (χ2n) is 4.20. The van der Waals surface area contributed by atoms with Crippen molar-refractivity contribution in [2.75, 3.05) is 13.1 Å². The van der Waals surface area contributed by atoms with Crippen molar-refractivity contribution in [1.29, 1.82) is 0 Å². The Hall–Kier alpha value is -0.860. The number of likely N-dealkylation sites (tertiary alicyclic amines) is 1. The number of rotatable bonds is 3. The molecule has 1 saturated heterocycles. The molecule has 86 valence electrons. The van der Waals surface area contributed by atoms with Gasteiger partial charge in [0.1, 0.15) is 5.78 Å². The van der Waals surface area contributed by atoms with Crippen LogP contribution in [0.3, 0.4) is 0 Å². The van der Waals surface area contributed by atoms with Crippen molar-refractivity contribution in [1.82, 2.24) is 4.90 Å². The lowest BCUT2D eigenvalue weighted by molar-refractivity contribution is -0.122. The molecule has 3 heteroatoms. The van der Waals surface area contributed by atoms with Gasteiger partial charge in [-0.2, -0.15) is 0 Å². The SMILES string of the molecule is O=C1CCN(CCc2ccccc2)C(Cl)C1. The lowest BCUT2D eigenvalue weighted by Crippen LogP contribution is -2.40. The first-order valence-corrected chi connectivity index (χ1v) is 6.13. The molecular weight excluding hydrogens is 222 g/mol. The van der Waals surface area contributed by atoms with E-state index in [-0.39, 0.29) is 11.3 Å². The van der Waals surface area contributed by atoms with E-state index in [0.29, 0.717) is 12.8 Å². The first kappa shape index (κ1) is 11.6. The van der Waals surface area contributed by atoms with Crippen LogP contribution in [0.5, 0.6) is 0 Å². The Morgan fingerprint density at radius 2 is 2.06 bits per heavy atom. The van der Waals surface area contributed by atoms with E-state index in [9.17, 15) is 4.79 Å². The minimum absolute atomic E-state index is 0.107. The standard InChI is InChI=1S/C13H16ClNO/c14-13-10-12(16)7-9-15(13)8-6-11-4-2-1-3-5-11/h1-5,13H,6-10H2. The molecule has 1 heterocycles. The third kappa shape index (κ3) is 3.06. The zero-order chi connectivity index (χ0) is 11.4. The van der Waals surface area contributed by atoms with Crippen molar-refractivity contribution in [3.63, 3.8) is 0 Å². The molecule has 2 rings (SSSR count). The van der Waals surface area contributed by atoms with E-state index in [0.717, 1.165) is 19.5 Å². The van der Waals surface area contributed by atoms with Crippen molar-refractivity contribution in [2.45, 2.75) is 24.8 Å². The zero-order valence-electron chi connectivity index (χ0n) is 9.23. The molecule has 0 spiro atoms. The van der Waals surface area contributed by atoms with Gasteiger partial charge in [0.25, 0.3) is 0 Å². The van der Waals surface area contributed by atoms with Gasteiger partial charge in [-0.3, -0.25) is 9.69 Å². The summed E-state index contributed by atoms with van der Waals surface area (Å²) in [6.45, 7) is 1.74. The number of alkyl halides is 1. The Morgan fingerprint density at radius 1 is 1.31 bits per heavy atom. The molecule has 0 saturated carbocycles. The number of carbonyl (C=O) groups is 1. The van der Waals surface area contributed by atoms with Gasteiger partial charge in [0.2, 0.25) is 0 Å². The van der Waals surface area contributed by atoms with Crippen LogP contribution in [0.15, 0.2) is 30.3 Å². The predicted octanol–water partition coefficient (Wildman–Crippen LogP) is 2.46. The lowest BCUT2D eigenvalue weighted by atomic mass is 10.1. The highest BCUT2D eigenvalue weighted by Crippen LogP contribution is 2.17. The summed E-state index contributed by atoms with van der Waals surface area (Å²) >= 11 is 6.15. The molecule has 0 radical (unpaired) electrons. The molecule has 0 N–H and O–H groups in total. The summed E-state index contributed by atoms with van der Waals surface area (Å²) < 4.78 is 0. The lowest BCUT2D eigenvalue weighted by Gasteiger charge is -2.30. The molecule has 0 bridgehead atoms. The monoisotopic (exact) mass is 237 g/mol. The molecule has 16 heavy (non-hydrogen) atoms. The number of hydrogen-bond acceptors (Lipinski definition) is 2.